The Labute approximate surface area is 197 Å². The number of ether oxygens (including phenoxy) is 2. The van der Waals surface area contributed by atoms with E-state index in [0.29, 0.717) is 12.0 Å². The molecule has 6 heteroatoms. The summed E-state index contributed by atoms with van der Waals surface area (Å²) >= 11 is 3.83. The zero-order valence-corrected chi connectivity index (χ0v) is 20.0. The molecule has 1 fully saturated rings. The molecule has 1 atom stereocenters. The van der Waals surface area contributed by atoms with Crippen molar-refractivity contribution in [2.45, 2.75) is 38.2 Å². The summed E-state index contributed by atoms with van der Waals surface area (Å²) in [6.07, 6.45) is 4.53. The molecule has 4 rings (SSSR count). The number of fused-ring (bicyclic) bond motifs is 1. The van der Waals surface area contributed by atoms with Crippen LogP contribution in [0, 0.1) is 0 Å². The molecule has 2 aliphatic rings. The van der Waals surface area contributed by atoms with Gasteiger partial charge in [-0.05, 0) is 78.6 Å². The fourth-order valence-electron chi connectivity index (χ4n) is 4.60. The molecule has 0 aromatic heterocycles. The predicted octanol–water partition coefficient (Wildman–Crippen LogP) is 5.78. The number of hydrogen-bond acceptors (Lipinski definition) is 4. The highest BCUT2D eigenvalue weighted by Crippen LogP contribution is 2.39. The van der Waals surface area contributed by atoms with E-state index in [9.17, 15) is 9.18 Å². The van der Waals surface area contributed by atoms with Crippen LogP contribution < -0.4 is 4.74 Å². The van der Waals surface area contributed by atoms with Crippen molar-refractivity contribution >= 4 is 27.5 Å². The van der Waals surface area contributed by atoms with Crippen molar-refractivity contribution in [1.82, 2.24) is 4.90 Å². The third-order valence-corrected chi connectivity index (χ3v) is 6.96. The van der Waals surface area contributed by atoms with Crippen LogP contribution in [0.2, 0.25) is 0 Å². The molecule has 1 heterocycles. The first-order valence-corrected chi connectivity index (χ1v) is 12.0. The predicted molar refractivity (Wildman–Crippen MR) is 128 cm³/mol. The van der Waals surface area contributed by atoms with E-state index < -0.39 is 0 Å². The van der Waals surface area contributed by atoms with E-state index in [0.717, 1.165) is 77.8 Å². The Bertz CT molecular complexity index is 1010. The highest BCUT2D eigenvalue weighted by Gasteiger charge is 2.24. The van der Waals surface area contributed by atoms with Crippen LogP contribution in [0.25, 0.3) is 5.57 Å². The van der Waals surface area contributed by atoms with Gasteiger partial charge in [-0.25, -0.2) is 4.79 Å². The quantitative estimate of drug-likeness (QED) is 0.451. The number of rotatable bonds is 7. The number of aryl methyl sites for hydroxylation is 1. The number of halogens is 2. The number of hydrogen-bond donors (Lipinski definition) is 0. The molecular weight excluding hydrogens is 473 g/mol. The van der Waals surface area contributed by atoms with Gasteiger partial charge in [-0.1, -0.05) is 34.1 Å². The molecule has 1 aliphatic heterocycles. The van der Waals surface area contributed by atoms with Gasteiger partial charge in [0.05, 0.1) is 19.3 Å². The summed E-state index contributed by atoms with van der Waals surface area (Å²) in [5.41, 5.74) is 5.12. The molecule has 0 amide bonds. The molecule has 0 spiro atoms. The van der Waals surface area contributed by atoms with Crippen molar-refractivity contribution in [3.63, 3.8) is 0 Å². The molecule has 0 N–H and O–H groups in total. The van der Waals surface area contributed by atoms with Gasteiger partial charge >= 0.3 is 5.97 Å². The fourth-order valence-corrected chi connectivity index (χ4v) is 5.33. The monoisotopic (exact) mass is 501 g/mol. The van der Waals surface area contributed by atoms with E-state index in [4.69, 9.17) is 9.47 Å². The lowest BCUT2D eigenvalue weighted by molar-refractivity contribution is 0.0600. The van der Waals surface area contributed by atoms with Gasteiger partial charge in [-0.2, -0.15) is 0 Å². The maximum absolute atomic E-state index is 12.5. The molecule has 170 valence electrons. The largest absolute Gasteiger partial charge is 0.489 e. The number of allylic oxidation sites excluding steroid dienone is 1. The molecule has 0 unspecified atom stereocenters. The van der Waals surface area contributed by atoms with E-state index in [1.54, 1.807) is 0 Å². The molecule has 32 heavy (non-hydrogen) atoms. The average Bonchev–Trinajstić information content (AvgIpc) is 3.18. The Hall–Kier alpha value is -2.18. The van der Waals surface area contributed by atoms with Crippen LogP contribution >= 0.6 is 15.9 Å². The first-order valence-electron chi connectivity index (χ1n) is 11.2. The Balaban J connectivity index is 1.58. The van der Waals surface area contributed by atoms with Gasteiger partial charge in [0.2, 0.25) is 0 Å². The summed E-state index contributed by atoms with van der Waals surface area (Å²) in [7, 11) is 1.41. The second-order valence-corrected chi connectivity index (χ2v) is 9.35. The van der Waals surface area contributed by atoms with Crippen LogP contribution in [0.4, 0.5) is 4.39 Å². The number of methoxy groups -OCH3 is 1. The number of carbonyl (C=O) groups is 1. The van der Waals surface area contributed by atoms with Crippen molar-refractivity contribution in [1.29, 1.82) is 0 Å². The molecule has 0 radical (unpaired) electrons. The highest BCUT2D eigenvalue weighted by atomic mass is 79.9. The van der Waals surface area contributed by atoms with Crippen molar-refractivity contribution in [3.8, 4) is 5.75 Å². The minimum Gasteiger partial charge on any atom is -0.489 e. The highest BCUT2D eigenvalue weighted by molar-refractivity contribution is 9.11. The summed E-state index contributed by atoms with van der Waals surface area (Å²) in [4.78, 5) is 14.3. The van der Waals surface area contributed by atoms with Crippen LogP contribution in [0.1, 0.15) is 52.7 Å². The van der Waals surface area contributed by atoms with Crippen molar-refractivity contribution in [2.75, 3.05) is 33.4 Å². The minimum absolute atomic E-state index is 0.131. The molecule has 2 aromatic rings. The van der Waals surface area contributed by atoms with Crippen LogP contribution in [0.15, 0.2) is 46.9 Å². The summed E-state index contributed by atoms with van der Waals surface area (Å²) in [5.74, 6) is 0.541. The zero-order valence-electron chi connectivity index (χ0n) is 18.4. The van der Waals surface area contributed by atoms with Crippen LogP contribution in [-0.4, -0.2) is 50.4 Å². The van der Waals surface area contributed by atoms with Crippen LogP contribution in [0.5, 0.6) is 5.75 Å². The van der Waals surface area contributed by atoms with Crippen LogP contribution in [0.3, 0.4) is 0 Å². The zero-order chi connectivity index (χ0) is 22.5. The lowest BCUT2D eigenvalue weighted by Crippen LogP contribution is -2.26. The smallest absolute Gasteiger partial charge is 0.337 e. The third-order valence-electron chi connectivity index (χ3n) is 6.17. The van der Waals surface area contributed by atoms with Gasteiger partial charge in [-0.3, -0.25) is 9.29 Å². The van der Waals surface area contributed by atoms with Gasteiger partial charge in [0.15, 0.2) is 0 Å². The second kappa shape index (κ2) is 10.6. The summed E-state index contributed by atoms with van der Waals surface area (Å²) in [6.45, 7) is 2.32. The lowest BCUT2D eigenvalue weighted by Gasteiger charge is -2.18. The SMILES string of the molecule is COC(=O)c1ccc2c(c1)CCCC(Br)=C2c1cccc(O[C@@H]2CCN(CCCF)C2)c1. The molecule has 0 saturated carbocycles. The Kier molecular flexibility index (Phi) is 7.63. The molecule has 0 bridgehead atoms. The number of carbonyl (C=O) groups excluding carboxylic acids is 1. The Morgan fingerprint density at radius 2 is 2.09 bits per heavy atom. The Morgan fingerprint density at radius 1 is 1.22 bits per heavy atom. The van der Waals surface area contributed by atoms with Gasteiger partial charge in [0.25, 0.3) is 0 Å². The van der Waals surface area contributed by atoms with Crippen LogP contribution in [-0.2, 0) is 11.2 Å². The average molecular weight is 502 g/mol. The molecule has 1 saturated heterocycles. The van der Waals surface area contributed by atoms with E-state index in [1.807, 2.05) is 30.3 Å². The van der Waals surface area contributed by atoms with E-state index in [2.05, 4.69) is 33.0 Å². The third kappa shape index (κ3) is 5.24. The maximum atomic E-state index is 12.5. The summed E-state index contributed by atoms with van der Waals surface area (Å²) < 4.78 is 24.8. The minimum atomic E-state index is -0.311. The van der Waals surface area contributed by atoms with E-state index in [-0.39, 0.29) is 18.7 Å². The number of nitrogens with zero attached hydrogens (tertiary/aromatic N) is 1. The summed E-state index contributed by atoms with van der Waals surface area (Å²) in [5, 5.41) is 0. The molecular formula is C26H29BrFNO3. The normalized spacial score (nSPS) is 18.9. The maximum Gasteiger partial charge on any atom is 0.337 e. The van der Waals surface area contributed by atoms with Gasteiger partial charge < -0.3 is 9.47 Å². The van der Waals surface area contributed by atoms with Crippen molar-refractivity contribution in [2.24, 2.45) is 0 Å². The number of esters is 1. The summed E-state index contributed by atoms with van der Waals surface area (Å²) in [6, 6.07) is 14.1. The van der Waals surface area contributed by atoms with Crippen molar-refractivity contribution in [3.05, 3.63) is 69.2 Å². The van der Waals surface area contributed by atoms with Gasteiger partial charge in [0, 0.05) is 24.1 Å². The first-order chi connectivity index (χ1) is 15.6. The van der Waals surface area contributed by atoms with E-state index in [1.165, 1.54) is 7.11 Å². The number of alkyl halides is 1. The standard InChI is InChI=1S/C26H29BrFNO3/c1-31-26(30)20-9-10-23-18(15-20)5-3-8-24(27)25(23)19-6-2-7-21(16-19)32-22-11-14-29(17-22)13-4-12-28/h2,6-7,9-10,15-16,22H,3-5,8,11-14,17H2,1H3/t22-/m1/s1. The molecule has 1 aliphatic carbocycles. The van der Waals surface area contributed by atoms with E-state index >= 15 is 0 Å². The fraction of sp³-hybridized carbons (Fsp3) is 0.423. The molecule has 4 nitrogen and oxygen atoms in total. The van der Waals surface area contributed by atoms with Gasteiger partial charge in [-0.15, -0.1) is 0 Å². The second-order valence-electron chi connectivity index (χ2n) is 8.40. The van der Waals surface area contributed by atoms with Gasteiger partial charge in [0.1, 0.15) is 11.9 Å². The van der Waals surface area contributed by atoms with Crippen molar-refractivity contribution < 1.29 is 18.7 Å². The topological polar surface area (TPSA) is 38.8 Å². The lowest BCUT2D eigenvalue weighted by atomic mass is 9.92. The number of benzene rings is 2. The molecule has 2 aromatic carbocycles. The first kappa shape index (κ1) is 23.0. The Morgan fingerprint density at radius 3 is 2.91 bits per heavy atom. The number of likely N-dealkylation sites (tertiary alicyclic amines) is 1.